The monoisotopic (exact) mass is 270 g/mol. The van der Waals surface area contributed by atoms with E-state index in [1.165, 1.54) is 0 Å². The molecule has 0 spiro atoms. The standard InChI is InChI=1S/C11H14N2O4S/c1-18(15,16)13-9-4-2-8(3-5-9)11(6-7-11)17-10(12)14/h2-5,13H,6-7H2,1H3,(H2,12,14). The van der Waals surface area contributed by atoms with Gasteiger partial charge in [0.1, 0.15) is 5.60 Å². The van der Waals surface area contributed by atoms with Gasteiger partial charge in [-0.05, 0) is 30.5 Å². The van der Waals surface area contributed by atoms with E-state index in [1.807, 2.05) is 0 Å². The zero-order chi connectivity index (χ0) is 13.4. The van der Waals surface area contributed by atoms with Gasteiger partial charge in [0.2, 0.25) is 10.0 Å². The minimum atomic E-state index is -3.28. The van der Waals surface area contributed by atoms with Gasteiger partial charge in [0, 0.05) is 5.69 Å². The molecular weight excluding hydrogens is 256 g/mol. The Balaban J connectivity index is 2.16. The summed E-state index contributed by atoms with van der Waals surface area (Å²) in [5.74, 6) is 0. The Morgan fingerprint density at radius 2 is 1.89 bits per heavy atom. The molecule has 1 amide bonds. The molecule has 1 fully saturated rings. The number of hydrogen-bond donors (Lipinski definition) is 2. The van der Waals surface area contributed by atoms with Gasteiger partial charge < -0.3 is 10.5 Å². The third-order valence-corrected chi connectivity index (χ3v) is 3.32. The van der Waals surface area contributed by atoms with Crippen molar-refractivity contribution in [2.75, 3.05) is 11.0 Å². The number of ether oxygens (including phenoxy) is 1. The first-order valence-electron chi connectivity index (χ1n) is 5.38. The van der Waals surface area contributed by atoms with Crippen LogP contribution in [0.2, 0.25) is 0 Å². The van der Waals surface area contributed by atoms with E-state index in [4.69, 9.17) is 10.5 Å². The molecule has 1 saturated carbocycles. The fourth-order valence-corrected chi connectivity index (χ4v) is 2.38. The first kappa shape index (κ1) is 12.7. The Labute approximate surface area is 105 Å². The van der Waals surface area contributed by atoms with Crippen molar-refractivity contribution in [1.29, 1.82) is 0 Å². The molecule has 6 nitrogen and oxygen atoms in total. The molecule has 1 aromatic rings. The van der Waals surface area contributed by atoms with Crippen molar-refractivity contribution in [2.45, 2.75) is 18.4 Å². The Hall–Kier alpha value is -1.76. The number of sulfonamides is 1. The van der Waals surface area contributed by atoms with Crippen LogP contribution in [-0.4, -0.2) is 20.8 Å². The highest BCUT2D eigenvalue weighted by atomic mass is 32.2. The minimum Gasteiger partial charge on any atom is -0.438 e. The third kappa shape index (κ3) is 2.92. The van der Waals surface area contributed by atoms with E-state index in [0.717, 1.165) is 24.7 Å². The van der Waals surface area contributed by atoms with E-state index in [0.29, 0.717) is 5.69 Å². The highest BCUT2D eigenvalue weighted by Gasteiger charge is 2.48. The second-order valence-corrected chi connectivity index (χ2v) is 6.12. The molecule has 1 aromatic carbocycles. The molecule has 0 aliphatic heterocycles. The van der Waals surface area contributed by atoms with Crippen LogP contribution in [0.15, 0.2) is 24.3 Å². The summed E-state index contributed by atoms with van der Waals surface area (Å²) in [6.07, 6.45) is 1.74. The van der Waals surface area contributed by atoms with E-state index in [9.17, 15) is 13.2 Å². The number of rotatable bonds is 4. The summed E-state index contributed by atoms with van der Waals surface area (Å²) >= 11 is 0. The SMILES string of the molecule is CS(=O)(=O)Nc1ccc(C2(OC(N)=O)CC2)cc1. The maximum absolute atomic E-state index is 11.0. The lowest BCUT2D eigenvalue weighted by Crippen LogP contribution is -2.22. The van der Waals surface area contributed by atoms with Crippen LogP contribution in [0, 0.1) is 0 Å². The summed E-state index contributed by atoms with van der Waals surface area (Å²) in [6.45, 7) is 0. The Kier molecular flexibility index (Phi) is 2.94. The largest absolute Gasteiger partial charge is 0.438 e. The van der Waals surface area contributed by atoms with Crippen LogP contribution in [0.25, 0.3) is 0 Å². The molecule has 0 bridgehead atoms. The first-order chi connectivity index (χ1) is 8.31. The van der Waals surface area contributed by atoms with Gasteiger partial charge in [-0.3, -0.25) is 4.72 Å². The molecule has 1 aliphatic carbocycles. The van der Waals surface area contributed by atoms with Crippen LogP contribution in [-0.2, 0) is 20.4 Å². The smallest absolute Gasteiger partial charge is 0.405 e. The number of nitrogens with two attached hydrogens (primary N) is 1. The van der Waals surface area contributed by atoms with Gasteiger partial charge in [0.05, 0.1) is 6.26 Å². The summed E-state index contributed by atoms with van der Waals surface area (Å²) in [5.41, 5.74) is 5.69. The Morgan fingerprint density at radius 3 is 2.28 bits per heavy atom. The van der Waals surface area contributed by atoms with E-state index in [2.05, 4.69) is 4.72 Å². The van der Waals surface area contributed by atoms with Gasteiger partial charge in [-0.2, -0.15) is 0 Å². The van der Waals surface area contributed by atoms with Crippen LogP contribution in [0.1, 0.15) is 18.4 Å². The van der Waals surface area contributed by atoms with E-state index in [1.54, 1.807) is 24.3 Å². The van der Waals surface area contributed by atoms with Gasteiger partial charge in [-0.25, -0.2) is 13.2 Å². The molecule has 0 aromatic heterocycles. The maximum Gasteiger partial charge on any atom is 0.405 e. The molecule has 98 valence electrons. The number of amides is 1. The van der Waals surface area contributed by atoms with Gasteiger partial charge in [0.25, 0.3) is 0 Å². The summed E-state index contributed by atoms with van der Waals surface area (Å²) in [6, 6.07) is 6.70. The van der Waals surface area contributed by atoms with Gasteiger partial charge >= 0.3 is 6.09 Å². The predicted octanol–water partition coefficient (Wildman–Crippen LogP) is 1.14. The lowest BCUT2D eigenvalue weighted by atomic mass is 10.1. The number of carbonyl (C=O) groups is 1. The van der Waals surface area contributed by atoms with E-state index >= 15 is 0 Å². The number of primary amides is 1. The summed E-state index contributed by atoms with van der Waals surface area (Å²) in [7, 11) is -3.28. The van der Waals surface area contributed by atoms with Crippen molar-refractivity contribution < 1.29 is 17.9 Å². The van der Waals surface area contributed by atoms with Crippen LogP contribution in [0.4, 0.5) is 10.5 Å². The van der Waals surface area contributed by atoms with Crippen LogP contribution in [0.3, 0.4) is 0 Å². The molecule has 2 rings (SSSR count). The van der Waals surface area contributed by atoms with Crippen molar-refractivity contribution in [3.05, 3.63) is 29.8 Å². The van der Waals surface area contributed by atoms with Gasteiger partial charge in [-0.1, -0.05) is 12.1 Å². The number of carbonyl (C=O) groups excluding carboxylic acids is 1. The van der Waals surface area contributed by atoms with Crippen molar-refractivity contribution in [3.63, 3.8) is 0 Å². The molecule has 0 atom stereocenters. The Morgan fingerprint density at radius 1 is 1.33 bits per heavy atom. The second-order valence-electron chi connectivity index (χ2n) is 4.37. The second kappa shape index (κ2) is 4.16. The molecule has 7 heteroatoms. The quantitative estimate of drug-likeness (QED) is 0.857. The average Bonchev–Trinajstić information content (AvgIpc) is 2.96. The first-order valence-corrected chi connectivity index (χ1v) is 7.27. The zero-order valence-corrected chi connectivity index (χ0v) is 10.7. The average molecular weight is 270 g/mol. The number of benzene rings is 1. The van der Waals surface area contributed by atoms with Crippen molar-refractivity contribution in [2.24, 2.45) is 5.73 Å². The summed E-state index contributed by atoms with van der Waals surface area (Å²) in [4.78, 5) is 10.8. The predicted molar refractivity (Wildman–Crippen MR) is 66.5 cm³/mol. The summed E-state index contributed by atoms with van der Waals surface area (Å²) < 4.78 is 29.5. The normalized spacial score (nSPS) is 16.9. The Bertz CT molecular complexity index is 561. The maximum atomic E-state index is 11.0. The number of hydrogen-bond acceptors (Lipinski definition) is 4. The molecule has 0 radical (unpaired) electrons. The molecular formula is C11H14N2O4S. The van der Waals surface area contributed by atoms with Crippen LogP contribution < -0.4 is 10.5 Å². The molecule has 18 heavy (non-hydrogen) atoms. The van der Waals surface area contributed by atoms with Crippen molar-refractivity contribution in [1.82, 2.24) is 0 Å². The fraction of sp³-hybridized carbons (Fsp3) is 0.364. The fourth-order valence-electron chi connectivity index (χ4n) is 1.81. The van der Waals surface area contributed by atoms with Gasteiger partial charge in [0.15, 0.2) is 0 Å². The topological polar surface area (TPSA) is 98.5 Å². The lowest BCUT2D eigenvalue weighted by Gasteiger charge is -2.15. The summed E-state index contributed by atoms with van der Waals surface area (Å²) in [5, 5.41) is 0. The van der Waals surface area contributed by atoms with Crippen molar-refractivity contribution in [3.8, 4) is 0 Å². The molecule has 0 unspecified atom stereocenters. The van der Waals surface area contributed by atoms with Crippen LogP contribution in [0.5, 0.6) is 0 Å². The minimum absolute atomic E-state index is 0.469. The zero-order valence-electron chi connectivity index (χ0n) is 9.84. The van der Waals surface area contributed by atoms with E-state index < -0.39 is 21.7 Å². The number of nitrogens with one attached hydrogen (secondary N) is 1. The molecule has 1 aliphatic rings. The van der Waals surface area contributed by atoms with E-state index in [-0.39, 0.29) is 0 Å². The van der Waals surface area contributed by atoms with Gasteiger partial charge in [-0.15, -0.1) is 0 Å². The highest BCUT2D eigenvalue weighted by molar-refractivity contribution is 7.92. The van der Waals surface area contributed by atoms with Crippen molar-refractivity contribution >= 4 is 21.8 Å². The molecule has 0 saturated heterocycles. The molecule has 0 heterocycles. The number of anilines is 1. The lowest BCUT2D eigenvalue weighted by molar-refractivity contribution is 0.0900. The van der Waals surface area contributed by atoms with Crippen LogP contribution >= 0.6 is 0 Å². The third-order valence-electron chi connectivity index (χ3n) is 2.71. The molecule has 3 N–H and O–H groups in total. The highest BCUT2D eigenvalue weighted by Crippen LogP contribution is 2.49.